The van der Waals surface area contributed by atoms with Crippen molar-refractivity contribution >= 4 is 5.91 Å². The molecule has 1 aromatic carbocycles. The predicted molar refractivity (Wildman–Crippen MR) is 103 cm³/mol. The second kappa shape index (κ2) is 8.28. The molecule has 0 aliphatic heterocycles. The molecule has 1 aliphatic carbocycles. The highest BCUT2D eigenvalue weighted by atomic mass is 16.1. The van der Waals surface area contributed by atoms with Gasteiger partial charge >= 0.3 is 0 Å². The Balaban J connectivity index is 1.68. The number of nitrogens with zero attached hydrogens (tertiary/aromatic N) is 1. The molecule has 1 atom stereocenters. The molecule has 25 heavy (non-hydrogen) atoms. The molecule has 2 aromatic rings. The normalized spacial score (nSPS) is 16.4. The van der Waals surface area contributed by atoms with Gasteiger partial charge in [0.2, 0.25) is 0 Å². The predicted octanol–water partition coefficient (Wildman–Crippen LogP) is 5.32. The molecule has 1 fully saturated rings. The van der Waals surface area contributed by atoms with Crippen molar-refractivity contribution in [2.45, 2.75) is 64.3 Å². The largest absolute Gasteiger partial charge is 0.350 e. The zero-order chi connectivity index (χ0) is 17.6. The molecular formula is C22H28N2O. The number of hydrogen-bond acceptors (Lipinski definition) is 2. The number of aromatic nitrogens is 1. The Hall–Kier alpha value is -2.16. The van der Waals surface area contributed by atoms with E-state index in [2.05, 4.69) is 41.5 Å². The first-order valence-corrected chi connectivity index (χ1v) is 9.54. The van der Waals surface area contributed by atoms with Crippen LogP contribution in [-0.4, -0.2) is 16.9 Å². The third kappa shape index (κ3) is 4.47. The Bertz CT molecular complexity index is 685. The van der Waals surface area contributed by atoms with Crippen LogP contribution in [-0.2, 0) is 0 Å². The van der Waals surface area contributed by atoms with Gasteiger partial charge in [-0.3, -0.25) is 9.78 Å². The Labute approximate surface area is 150 Å². The number of amides is 1. The van der Waals surface area contributed by atoms with Crippen molar-refractivity contribution in [3.63, 3.8) is 0 Å². The summed E-state index contributed by atoms with van der Waals surface area (Å²) in [6.45, 7) is 4.07. The lowest BCUT2D eigenvalue weighted by atomic mass is 9.84. The first-order chi connectivity index (χ1) is 12.2. The first-order valence-electron chi connectivity index (χ1n) is 9.54. The SMILES string of the molecule is CCC(C)NC(=O)c1ccc(-c2ccc(C3CCCCC3)cc2)nc1. The van der Waals surface area contributed by atoms with Crippen molar-refractivity contribution in [1.82, 2.24) is 10.3 Å². The summed E-state index contributed by atoms with van der Waals surface area (Å²) >= 11 is 0. The van der Waals surface area contributed by atoms with Crippen molar-refractivity contribution in [3.05, 3.63) is 53.7 Å². The van der Waals surface area contributed by atoms with Crippen molar-refractivity contribution < 1.29 is 4.79 Å². The summed E-state index contributed by atoms with van der Waals surface area (Å²) in [4.78, 5) is 16.6. The average Bonchev–Trinajstić information content (AvgIpc) is 2.69. The molecule has 3 rings (SSSR count). The maximum atomic E-state index is 12.1. The van der Waals surface area contributed by atoms with Crippen LogP contribution in [0.1, 0.15) is 74.2 Å². The van der Waals surface area contributed by atoms with Gasteiger partial charge in [-0.15, -0.1) is 0 Å². The molecule has 132 valence electrons. The minimum Gasteiger partial charge on any atom is -0.350 e. The number of rotatable bonds is 5. The van der Waals surface area contributed by atoms with E-state index in [4.69, 9.17) is 0 Å². The van der Waals surface area contributed by atoms with Gasteiger partial charge in [0.15, 0.2) is 0 Å². The van der Waals surface area contributed by atoms with E-state index in [-0.39, 0.29) is 11.9 Å². The van der Waals surface area contributed by atoms with E-state index in [1.807, 2.05) is 19.1 Å². The van der Waals surface area contributed by atoms with E-state index in [1.165, 1.54) is 37.7 Å². The molecule has 1 amide bonds. The lowest BCUT2D eigenvalue weighted by molar-refractivity contribution is 0.0939. The molecule has 1 aliphatic rings. The quantitative estimate of drug-likeness (QED) is 0.802. The smallest absolute Gasteiger partial charge is 0.253 e. The summed E-state index contributed by atoms with van der Waals surface area (Å²) in [5.41, 5.74) is 4.08. The molecule has 1 aromatic heterocycles. The van der Waals surface area contributed by atoms with E-state index in [0.717, 1.165) is 23.6 Å². The summed E-state index contributed by atoms with van der Waals surface area (Å²) in [5, 5.41) is 2.97. The van der Waals surface area contributed by atoms with E-state index in [1.54, 1.807) is 6.20 Å². The topological polar surface area (TPSA) is 42.0 Å². The van der Waals surface area contributed by atoms with Gasteiger partial charge in [-0.05, 0) is 49.8 Å². The van der Waals surface area contributed by atoms with Crippen LogP contribution in [0.4, 0.5) is 0 Å². The second-order valence-electron chi connectivity index (χ2n) is 7.17. The summed E-state index contributed by atoms with van der Waals surface area (Å²) in [6, 6.07) is 12.8. The number of nitrogens with one attached hydrogen (secondary N) is 1. The third-order valence-electron chi connectivity index (χ3n) is 5.30. The van der Waals surface area contributed by atoms with Crippen LogP contribution in [0.3, 0.4) is 0 Å². The van der Waals surface area contributed by atoms with Crippen LogP contribution in [0.15, 0.2) is 42.6 Å². The highest BCUT2D eigenvalue weighted by Gasteiger charge is 2.15. The zero-order valence-corrected chi connectivity index (χ0v) is 15.3. The fourth-order valence-corrected chi connectivity index (χ4v) is 3.47. The molecule has 0 saturated heterocycles. The van der Waals surface area contributed by atoms with Crippen LogP contribution in [0, 0.1) is 0 Å². The molecule has 0 spiro atoms. The van der Waals surface area contributed by atoms with E-state index in [9.17, 15) is 4.79 Å². The maximum Gasteiger partial charge on any atom is 0.253 e. The molecule has 3 heteroatoms. The van der Waals surface area contributed by atoms with Crippen LogP contribution >= 0.6 is 0 Å². The lowest BCUT2D eigenvalue weighted by Gasteiger charge is -2.22. The van der Waals surface area contributed by atoms with Crippen LogP contribution in [0.2, 0.25) is 0 Å². The van der Waals surface area contributed by atoms with Crippen molar-refractivity contribution in [2.24, 2.45) is 0 Å². The summed E-state index contributed by atoms with van der Waals surface area (Å²) in [5.74, 6) is 0.670. The average molecular weight is 336 g/mol. The van der Waals surface area contributed by atoms with E-state index < -0.39 is 0 Å². The highest BCUT2D eigenvalue weighted by molar-refractivity contribution is 5.94. The second-order valence-corrected chi connectivity index (χ2v) is 7.17. The fraction of sp³-hybridized carbons (Fsp3) is 0.455. The number of carbonyl (C=O) groups is 1. The molecule has 3 nitrogen and oxygen atoms in total. The van der Waals surface area contributed by atoms with Gasteiger partial charge < -0.3 is 5.32 Å². The fourth-order valence-electron chi connectivity index (χ4n) is 3.47. The number of pyridine rings is 1. The van der Waals surface area contributed by atoms with Gasteiger partial charge in [0.25, 0.3) is 5.91 Å². The minimum absolute atomic E-state index is 0.0546. The molecule has 1 N–H and O–H groups in total. The molecule has 0 bridgehead atoms. The minimum atomic E-state index is -0.0546. The first kappa shape index (κ1) is 17.7. The standard InChI is InChI=1S/C22H28N2O/c1-3-16(2)24-22(25)20-13-14-21(23-15-20)19-11-9-18(10-12-19)17-7-5-4-6-8-17/h9-17H,3-8H2,1-2H3,(H,24,25). The maximum absolute atomic E-state index is 12.1. The van der Waals surface area contributed by atoms with Crippen molar-refractivity contribution in [1.29, 1.82) is 0 Å². The van der Waals surface area contributed by atoms with Gasteiger partial charge in [-0.2, -0.15) is 0 Å². The third-order valence-corrected chi connectivity index (χ3v) is 5.30. The van der Waals surface area contributed by atoms with Gasteiger partial charge in [0.05, 0.1) is 11.3 Å². The van der Waals surface area contributed by atoms with Crippen LogP contribution < -0.4 is 5.32 Å². The highest BCUT2D eigenvalue weighted by Crippen LogP contribution is 2.33. The number of benzene rings is 1. The Morgan fingerprint density at radius 1 is 1.12 bits per heavy atom. The number of carbonyl (C=O) groups excluding carboxylic acids is 1. The van der Waals surface area contributed by atoms with Crippen molar-refractivity contribution in [2.75, 3.05) is 0 Å². The summed E-state index contributed by atoms with van der Waals surface area (Å²) in [6.07, 6.45) is 9.32. The molecule has 0 radical (unpaired) electrons. The van der Waals surface area contributed by atoms with Gasteiger partial charge in [0.1, 0.15) is 0 Å². The van der Waals surface area contributed by atoms with Crippen LogP contribution in [0.25, 0.3) is 11.3 Å². The number of hydrogen-bond donors (Lipinski definition) is 1. The molecule has 1 saturated carbocycles. The zero-order valence-electron chi connectivity index (χ0n) is 15.3. The van der Waals surface area contributed by atoms with Crippen molar-refractivity contribution in [3.8, 4) is 11.3 Å². The van der Waals surface area contributed by atoms with E-state index >= 15 is 0 Å². The summed E-state index contributed by atoms with van der Waals surface area (Å²) in [7, 11) is 0. The Kier molecular flexibility index (Phi) is 5.85. The van der Waals surface area contributed by atoms with E-state index in [0.29, 0.717) is 5.56 Å². The molecule has 1 heterocycles. The lowest BCUT2D eigenvalue weighted by Crippen LogP contribution is -2.31. The van der Waals surface area contributed by atoms with Gasteiger partial charge in [0, 0.05) is 17.8 Å². The van der Waals surface area contributed by atoms with Gasteiger partial charge in [-0.25, -0.2) is 0 Å². The Morgan fingerprint density at radius 3 is 2.44 bits per heavy atom. The Morgan fingerprint density at radius 2 is 1.84 bits per heavy atom. The monoisotopic (exact) mass is 336 g/mol. The molecular weight excluding hydrogens is 308 g/mol. The summed E-state index contributed by atoms with van der Waals surface area (Å²) < 4.78 is 0. The molecule has 1 unspecified atom stereocenters. The van der Waals surface area contributed by atoms with Crippen LogP contribution in [0.5, 0.6) is 0 Å². The van der Waals surface area contributed by atoms with Gasteiger partial charge in [-0.1, -0.05) is 50.5 Å².